The van der Waals surface area contributed by atoms with Crippen LogP contribution in [-0.2, 0) is 8.54 Å². The van der Waals surface area contributed by atoms with Gasteiger partial charge in [-0.2, -0.15) is 0 Å². The molecule has 2 atom stereocenters. The lowest BCUT2D eigenvalue weighted by Gasteiger charge is -2.50. The Morgan fingerprint density at radius 1 is 0.889 bits per heavy atom. The van der Waals surface area contributed by atoms with Gasteiger partial charge in [0.2, 0.25) is 8.32 Å². The fourth-order valence-corrected chi connectivity index (χ4v) is 18.5. The maximum atomic E-state index is 7.08. The predicted molar refractivity (Wildman–Crippen MR) is 129 cm³/mol. The lowest BCUT2D eigenvalue weighted by molar-refractivity contribution is 0.120. The van der Waals surface area contributed by atoms with E-state index >= 15 is 0 Å². The second-order valence-electron chi connectivity index (χ2n) is 10.9. The van der Waals surface area contributed by atoms with Gasteiger partial charge in [-0.15, -0.1) is 0 Å². The van der Waals surface area contributed by atoms with Gasteiger partial charge in [-0.05, 0) is 95.6 Å². The normalized spacial score (nSPS) is 18.4. The van der Waals surface area contributed by atoms with Crippen LogP contribution in [0.2, 0.25) is 51.4 Å². The van der Waals surface area contributed by atoms with Gasteiger partial charge in [0.1, 0.15) is 0 Å². The van der Waals surface area contributed by atoms with Crippen LogP contribution in [0.3, 0.4) is 0 Å². The van der Waals surface area contributed by atoms with E-state index in [2.05, 4.69) is 73.9 Å². The molecule has 0 radical (unpaired) electrons. The molecule has 0 fully saturated rings. The molecule has 7 heteroatoms. The summed E-state index contributed by atoms with van der Waals surface area (Å²) in [5, 5.41) is -0.178. The molecule has 164 valence electrons. The molecular formula is C20H50N2O2Si3. The molecule has 0 aromatic heterocycles. The summed E-state index contributed by atoms with van der Waals surface area (Å²) < 4.78 is 13.9. The minimum Gasteiger partial charge on any atom is -0.454 e. The topological polar surface area (TPSA) is 70.5 Å². The zero-order chi connectivity index (χ0) is 21.7. The van der Waals surface area contributed by atoms with Crippen molar-refractivity contribution in [1.82, 2.24) is 0 Å². The van der Waals surface area contributed by atoms with Crippen LogP contribution in [0.1, 0.15) is 47.5 Å². The first kappa shape index (κ1) is 27.5. The van der Waals surface area contributed by atoms with Crippen LogP contribution in [0.25, 0.3) is 0 Å². The van der Waals surface area contributed by atoms with Crippen LogP contribution in [-0.4, -0.2) is 43.3 Å². The molecule has 0 amide bonds. The maximum absolute atomic E-state index is 7.08. The van der Waals surface area contributed by atoms with Gasteiger partial charge in [0, 0.05) is 0 Å². The summed E-state index contributed by atoms with van der Waals surface area (Å²) in [6.07, 6.45) is 2.05. The summed E-state index contributed by atoms with van der Waals surface area (Å²) in [7, 11) is -5.74. The van der Waals surface area contributed by atoms with Gasteiger partial charge in [0.25, 0.3) is 0 Å². The summed E-state index contributed by atoms with van der Waals surface area (Å²) >= 11 is 0. The average molecular weight is 435 g/mol. The van der Waals surface area contributed by atoms with E-state index in [-0.39, 0.29) is 10.6 Å². The van der Waals surface area contributed by atoms with Crippen LogP contribution in [0.4, 0.5) is 0 Å². The highest BCUT2D eigenvalue weighted by Gasteiger charge is 2.51. The first-order valence-electron chi connectivity index (χ1n) is 10.8. The highest BCUT2D eigenvalue weighted by atomic mass is 28.4. The van der Waals surface area contributed by atoms with Crippen molar-refractivity contribution in [2.45, 2.75) is 104 Å². The Hall–Kier alpha value is 0.491. The Balaban J connectivity index is 5.56. The number of hydrogen-bond donors (Lipinski definition) is 2. The SMILES string of the molecule is CCC(C)(O[Si](C)(C)C[C@](C)(CCN)C(C)C)[Si](C)(C)O[Si](C)(C)CCN. The molecule has 0 rings (SSSR count). The first-order valence-corrected chi connectivity index (χ1v) is 19.9. The second-order valence-corrected chi connectivity index (χ2v) is 23.9. The maximum Gasteiger partial charge on any atom is 0.204 e. The lowest BCUT2D eigenvalue weighted by Crippen LogP contribution is -2.63. The van der Waals surface area contributed by atoms with E-state index in [0.717, 1.165) is 31.5 Å². The van der Waals surface area contributed by atoms with Gasteiger partial charge in [0.15, 0.2) is 16.6 Å². The quantitative estimate of drug-likeness (QED) is 0.385. The van der Waals surface area contributed by atoms with E-state index in [0.29, 0.717) is 12.5 Å². The number of nitrogens with two attached hydrogens (primary N) is 2. The molecule has 4 nitrogen and oxygen atoms in total. The second kappa shape index (κ2) is 10.00. The fraction of sp³-hybridized carbons (Fsp3) is 1.00. The number of hydrogen-bond acceptors (Lipinski definition) is 4. The van der Waals surface area contributed by atoms with Gasteiger partial charge >= 0.3 is 0 Å². The van der Waals surface area contributed by atoms with Gasteiger partial charge in [-0.25, -0.2) is 0 Å². The van der Waals surface area contributed by atoms with Crippen LogP contribution >= 0.6 is 0 Å². The molecule has 0 bridgehead atoms. The molecule has 0 heterocycles. The fourth-order valence-electron chi connectivity index (χ4n) is 4.35. The highest BCUT2D eigenvalue weighted by molar-refractivity contribution is 6.87. The van der Waals surface area contributed by atoms with E-state index in [1.54, 1.807) is 0 Å². The monoisotopic (exact) mass is 434 g/mol. The summed E-state index contributed by atoms with van der Waals surface area (Å²) in [6, 6.07) is 2.14. The van der Waals surface area contributed by atoms with Crippen molar-refractivity contribution < 1.29 is 8.54 Å². The molecule has 0 saturated carbocycles. The Morgan fingerprint density at radius 3 is 1.78 bits per heavy atom. The third-order valence-corrected chi connectivity index (χ3v) is 18.3. The third kappa shape index (κ3) is 8.03. The molecule has 0 spiro atoms. The van der Waals surface area contributed by atoms with Crippen molar-refractivity contribution in [1.29, 1.82) is 0 Å². The van der Waals surface area contributed by atoms with E-state index in [1.807, 2.05) is 0 Å². The average Bonchev–Trinajstić information content (AvgIpc) is 2.44. The van der Waals surface area contributed by atoms with E-state index in [9.17, 15) is 0 Å². The summed E-state index contributed by atoms with van der Waals surface area (Å²) in [4.78, 5) is 0. The summed E-state index contributed by atoms with van der Waals surface area (Å²) in [5.41, 5.74) is 12.0. The zero-order valence-corrected chi connectivity index (χ0v) is 23.3. The van der Waals surface area contributed by atoms with Crippen molar-refractivity contribution in [2.24, 2.45) is 22.8 Å². The molecule has 0 saturated heterocycles. The van der Waals surface area contributed by atoms with Crippen LogP contribution in [0, 0.1) is 11.3 Å². The minimum atomic E-state index is -2.07. The third-order valence-electron chi connectivity index (χ3n) is 6.67. The molecule has 0 aliphatic rings. The van der Waals surface area contributed by atoms with Crippen molar-refractivity contribution in [3.05, 3.63) is 0 Å². The molecule has 0 aliphatic heterocycles. The lowest BCUT2D eigenvalue weighted by atomic mass is 9.78. The Kier molecular flexibility index (Phi) is 10.2. The molecule has 0 aromatic carbocycles. The van der Waals surface area contributed by atoms with E-state index in [1.165, 1.54) is 0 Å². The molecule has 27 heavy (non-hydrogen) atoms. The predicted octanol–water partition coefficient (Wildman–Crippen LogP) is 5.31. The molecule has 0 aromatic rings. The highest BCUT2D eigenvalue weighted by Crippen LogP contribution is 2.43. The minimum absolute atomic E-state index is 0.178. The standard InChI is InChI=1S/C20H50N2O2Si3/c1-12-20(5,27(10,11)24-25(6,7)16-15-22)23-26(8,9)17-19(4,13-14-21)18(2)3/h18H,12-17,21-22H2,1-11H3/t19-,20?/m0/s1. The van der Waals surface area contributed by atoms with Crippen molar-refractivity contribution in [3.8, 4) is 0 Å². The van der Waals surface area contributed by atoms with E-state index < -0.39 is 25.0 Å². The van der Waals surface area contributed by atoms with Gasteiger partial charge in [-0.1, -0.05) is 27.7 Å². The first-order chi connectivity index (χ1) is 12.0. The number of rotatable bonds is 13. The van der Waals surface area contributed by atoms with Crippen molar-refractivity contribution in [2.75, 3.05) is 13.1 Å². The summed E-state index contributed by atoms with van der Waals surface area (Å²) in [5.74, 6) is 0.599. The smallest absolute Gasteiger partial charge is 0.204 e. The summed E-state index contributed by atoms with van der Waals surface area (Å²) in [6.45, 7) is 27.1. The Morgan fingerprint density at radius 2 is 1.41 bits per heavy atom. The molecule has 4 N–H and O–H groups in total. The zero-order valence-electron chi connectivity index (χ0n) is 20.3. The Labute approximate surface area is 173 Å². The molecule has 1 unspecified atom stereocenters. The van der Waals surface area contributed by atoms with E-state index in [4.69, 9.17) is 20.0 Å². The Bertz CT molecular complexity index is 459. The largest absolute Gasteiger partial charge is 0.454 e. The molecule has 0 aliphatic carbocycles. The van der Waals surface area contributed by atoms with Crippen LogP contribution < -0.4 is 11.5 Å². The van der Waals surface area contributed by atoms with Gasteiger partial charge < -0.3 is 20.0 Å². The van der Waals surface area contributed by atoms with Crippen LogP contribution in [0.15, 0.2) is 0 Å². The molecular weight excluding hydrogens is 384 g/mol. The van der Waals surface area contributed by atoms with Gasteiger partial charge in [0.05, 0.1) is 5.22 Å². The van der Waals surface area contributed by atoms with Crippen molar-refractivity contribution in [3.63, 3.8) is 0 Å². The van der Waals surface area contributed by atoms with Gasteiger partial charge in [-0.3, -0.25) is 0 Å². The van der Waals surface area contributed by atoms with Crippen molar-refractivity contribution >= 4 is 25.0 Å². The van der Waals surface area contributed by atoms with Crippen LogP contribution in [0.5, 0.6) is 0 Å².